The summed E-state index contributed by atoms with van der Waals surface area (Å²) in [6.45, 7) is 3.69. The van der Waals surface area contributed by atoms with Crippen LogP contribution in [-0.2, 0) is 0 Å². The highest BCUT2D eigenvalue weighted by atomic mass is 32.2. The number of nitrogens with two attached hydrogens (primary N) is 1. The fourth-order valence-electron chi connectivity index (χ4n) is 1.08. The third kappa shape index (κ3) is 6.70. The van der Waals surface area contributed by atoms with Crippen molar-refractivity contribution in [2.24, 2.45) is 5.84 Å². The Kier molecular flexibility index (Phi) is 9.11. The zero-order valence-corrected chi connectivity index (χ0v) is 8.70. The van der Waals surface area contributed by atoms with E-state index in [0.29, 0.717) is 6.04 Å². The minimum absolute atomic E-state index is 0.484. The number of nitrogens with one attached hydrogen (secondary N) is 1. The summed E-state index contributed by atoms with van der Waals surface area (Å²) in [5.41, 5.74) is 2.85. The average molecular weight is 188 g/mol. The molecule has 0 saturated heterocycles. The molecule has 0 fully saturated rings. The van der Waals surface area contributed by atoms with Gasteiger partial charge in [-0.3, -0.25) is 11.3 Å². The van der Waals surface area contributed by atoms with Crippen molar-refractivity contribution in [3.8, 4) is 0 Å². The van der Waals surface area contributed by atoms with Crippen LogP contribution in [0.5, 0.6) is 0 Å². The van der Waals surface area contributed by atoms with Crippen LogP contribution in [0, 0.1) is 0 Å². The van der Waals surface area contributed by atoms with E-state index in [4.69, 9.17) is 5.84 Å². The van der Waals surface area contributed by atoms with Crippen molar-refractivity contribution in [3.05, 3.63) is 12.7 Å². The van der Waals surface area contributed by atoms with Crippen LogP contribution in [0.4, 0.5) is 0 Å². The summed E-state index contributed by atoms with van der Waals surface area (Å²) in [6.07, 6.45) is 8.68. The monoisotopic (exact) mass is 188 g/mol. The number of unbranched alkanes of at least 4 members (excludes halogenated alkanes) is 1. The molecule has 1 unspecified atom stereocenters. The van der Waals surface area contributed by atoms with Crippen LogP contribution in [0.25, 0.3) is 0 Å². The lowest BCUT2D eigenvalue weighted by atomic mass is 10.1. The molecule has 0 radical (unpaired) electrons. The maximum Gasteiger partial charge on any atom is 0.0218 e. The minimum Gasteiger partial charge on any atom is -0.271 e. The fraction of sp³-hybridized carbons (Fsp3) is 0.778. The summed E-state index contributed by atoms with van der Waals surface area (Å²) in [5.74, 6) is 6.59. The van der Waals surface area contributed by atoms with Crippen molar-refractivity contribution in [2.75, 3.05) is 12.0 Å². The molecule has 72 valence electrons. The van der Waals surface area contributed by atoms with Gasteiger partial charge in [-0.2, -0.15) is 11.8 Å². The maximum absolute atomic E-state index is 5.41. The van der Waals surface area contributed by atoms with E-state index in [9.17, 15) is 0 Å². The van der Waals surface area contributed by atoms with Crippen molar-refractivity contribution in [1.82, 2.24) is 5.43 Å². The van der Waals surface area contributed by atoms with Gasteiger partial charge in [-0.15, -0.1) is 6.58 Å². The quantitative estimate of drug-likeness (QED) is 0.264. The fourth-order valence-corrected chi connectivity index (χ4v) is 1.60. The molecule has 0 aliphatic rings. The van der Waals surface area contributed by atoms with Crippen molar-refractivity contribution in [1.29, 1.82) is 0 Å². The van der Waals surface area contributed by atoms with Gasteiger partial charge in [0.1, 0.15) is 0 Å². The lowest BCUT2D eigenvalue weighted by Gasteiger charge is -2.13. The minimum atomic E-state index is 0.484. The van der Waals surface area contributed by atoms with Crippen LogP contribution in [0.3, 0.4) is 0 Å². The second-order valence-corrected chi connectivity index (χ2v) is 3.85. The predicted molar refractivity (Wildman–Crippen MR) is 58.2 cm³/mol. The van der Waals surface area contributed by atoms with E-state index in [1.807, 2.05) is 17.8 Å². The first-order chi connectivity index (χ1) is 5.85. The molecular weight excluding hydrogens is 168 g/mol. The molecule has 0 bridgehead atoms. The van der Waals surface area contributed by atoms with Crippen molar-refractivity contribution >= 4 is 11.8 Å². The second-order valence-electron chi connectivity index (χ2n) is 2.86. The Morgan fingerprint density at radius 3 is 2.83 bits per heavy atom. The molecule has 0 aliphatic heterocycles. The Bertz CT molecular complexity index is 107. The van der Waals surface area contributed by atoms with E-state index in [0.717, 1.165) is 19.3 Å². The first kappa shape index (κ1) is 12.0. The molecule has 0 rings (SSSR count). The molecule has 0 saturated carbocycles. The van der Waals surface area contributed by atoms with Crippen molar-refractivity contribution in [3.63, 3.8) is 0 Å². The molecule has 3 heteroatoms. The Labute approximate surface area is 80.0 Å². The summed E-state index contributed by atoms with van der Waals surface area (Å²) >= 11 is 1.87. The summed E-state index contributed by atoms with van der Waals surface area (Å²) in [6, 6.07) is 0.484. The van der Waals surface area contributed by atoms with Gasteiger partial charge in [-0.05, 0) is 37.7 Å². The lowest BCUT2D eigenvalue weighted by Crippen LogP contribution is -2.35. The van der Waals surface area contributed by atoms with Crippen molar-refractivity contribution in [2.45, 2.75) is 31.7 Å². The summed E-state index contributed by atoms with van der Waals surface area (Å²) < 4.78 is 0. The van der Waals surface area contributed by atoms with Gasteiger partial charge >= 0.3 is 0 Å². The van der Waals surface area contributed by atoms with Crippen LogP contribution in [-0.4, -0.2) is 18.1 Å². The molecule has 12 heavy (non-hydrogen) atoms. The number of allylic oxidation sites excluding steroid dienone is 1. The van der Waals surface area contributed by atoms with Gasteiger partial charge in [-0.1, -0.05) is 6.08 Å². The van der Waals surface area contributed by atoms with Gasteiger partial charge < -0.3 is 0 Å². The first-order valence-electron chi connectivity index (χ1n) is 4.41. The second kappa shape index (κ2) is 9.10. The molecule has 0 amide bonds. The van der Waals surface area contributed by atoms with Crippen LogP contribution in [0.2, 0.25) is 0 Å². The Morgan fingerprint density at radius 1 is 1.58 bits per heavy atom. The molecule has 0 heterocycles. The van der Waals surface area contributed by atoms with Gasteiger partial charge in [0.15, 0.2) is 0 Å². The molecule has 1 atom stereocenters. The zero-order valence-electron chi connectivity index (χ0n) is 7.88. The Balaban J connectivity index is 3.32. The highest BCUT2D eigenvalue weighted by molar-refractivity contribution is 7.98. The van der Waals surface area contributed by atoms with E-state index in [2.05, 4.69) is 18.3 Å². The summed E-state index contributed by atoms with van der Waals surface area (Å²) in [7, 11) is 0. The van der Waals surface area contributed by atoms with Crippen LogP contribution in [0.1, 0.15) is 25.7 Å². The number of rotatable bonds is 8. The first-order valence-corrected chi connectivity index (χ1v) is 5.80. The smallest absolute Gasteiger partial charge is 0.0218 e. The van der Waals surface area contributed by atoms with E-state index in [1.165, 1.54) is 12.2 Å². The van der Waals surface area contributed by atoms with Gasteiger partial charge in [0.25, 0.3) is 0 Å². The van der Waals surface area contributed by atoms with E-state index in [1.54, 1.807) is 0 Å². The SMILES string of the molecule is C=CCCCC(CCSC)NN. The number of hydrogen-bond donors (Lipinski definition) is 2. The van der Waals surface area contributed by atoms with E-state index in [-0.39, 0.29) is 0 Å². The Hall–Kier alpha value is 0.01000. The molecule has 2 nitrogen and oxygen atoms in total. The standard InChI is InChI=1S/C9H20N2S/c1-3-4-5-6-9(11-10)7-8-12-2/h3,9,11H,1,4-8,10H2,2H3. The molecule has 0 aromatic carbocycles. The van der Waals surface area contributed by atoms with Crippen LogP contribution in [0.15, 0.2) is 12.7 Å². The third-order valence-electron chi connectivity index (χ3n) is 1.87. The molecule has 0 aromatic heterocycles. The largest absolute Gasteiger partial charge is 0.271 e. The van der Waals surface area contributed by atoms with Gasteiger partial charge in [-0.25, -0.2) is 0 Å². The molecule has 0 aliphatic carbocycles. The average Bonchev–Trinajstić information content (AvgIpc) is 2.11. The zero-order chi connectivity index (χ0) is 9.23. The third-order valence-corrected chi connectivity index (χ3v) is 2.51. The lowest BCUT2D eigenvalue weighted by molar-refractivity contribution is 0.471. The van der Waals surface area contributed by atoms with E-state index >= 15 is 0 Å². The number of hydrazine groups is 1. The molecule has 0 aromatic rings. The predicted octanol–water partition coefficient (Wildman–Crippen LogP) is 1.93. The molecular formula is C9H20N2S. The number of hydrogen-bond acceptors (Lipinski definition) is 3. The topological polar surface area (TPSA) is 38.0 Å². The molecule has 0 spiro atoms. The maximum atomic E-state index is 5.41. The van der Waals surface area contributed by atoms with Crippen LogP contribution < -0.4 is 11.3 Å². The van der Waals surface area contributed by atoms with Crippen LogP contribution >= 0.6 is 11.8 Å². The normalized spacial score (nSPS) is 12.8. The summed E-state index contributed by atoms with van der Waals surface area (Å²) in [5, 5.41) is 0. The summed E-state index contributed by atoms with van der Waals surface area (Å²) in [4.78, 5) is 0. The molecule has 3 N–H and O–H groups in total. The van der Waals surface area contributed by atoms with Gasteiger partial charge in [0, 0.05) is 6.04 Å². The van der Waals surface area contributed by atoms with E-state index < -0.39 is 0 Å². The Morgan fingerprint density at radius 2 is 2.33 bits per heavy atom. The number of thioether (sulfide) groups is 1. The van der Waals surface area contributed by atoms with Crippen molar-refractivity contribution < 1.29 is 0 Å². The highest BCUT2D eigenvalue weighted by Gasteiger charge is 2.03. The van der Waals surface area contributed by atoms with Gasteiger partial charge in [0.05, 0.1) is 0 Å². The van der Waals surface area contributed by atoms with Gasteiger partial charge in [0.2, 0.25) is 0 Å². The highest BCUT2D eigenvalue weighted by Crippen LogP contribution is 2.07.